The number of nitrogens with one attached hydrogen (secondary N) is 1. The quantitative estimate of drug-likeness (QED) is 0.299. The van der Waals surface area contributed by atoms with Gasteiger partial charge in [-0.25, -0.2) is 0 Å². The summed E-state index contributed by atoms with van der Waals surface area (Å²) in [6.45, 7) is 2.54. The molecule has 14 heavy (non-hydrogen) atoms. The van der Waals surface area contributed by atoms with Gasteiger partial charge in [-0.3, -0.25) is 0 Å². The fraction of sp³-hybridized carbons (Fsp3) is 1.00. The summed E-state index contributed by atoms with van der Waals surface area (Å²) < 4.78 is 0. The number of hydrogen-bond acceptors (Lipinski definition) is 4. The summed E-state index contributed by atoms with van der Waals surface area (Å²) in [5.74, 6) is 0. The zero-order valence-corrected chi connectivity index (χ0v) is 9.17. The molecular weight excluding hydrogens is 176 g/mol. The standard InChI is InChI=1S/C10H26N4/c11-7-3-1-2-6-10(13)14-9-5-4-8-12/h10,14H,1-9,11-13H2. The van der Waals surface area contributed by atoms with Gasteiger partial charge in [-0.2, -0.15) is 0 Å². The molecule has 0 aliphatic heterocycles. The smallest absolute Gasteiger partial charge is 0.0546 e. The van der Waals surface area contributed by atoms with E-state index in [1.165, 1.54) is 12.8 Å². The summed E-state index contributed by atoms with van der Waals surface area (Å²) in [4.78, 5) is 0. The summed E-state index contributed by atoms with van der Waals surface area (Å²) in [6, 6.07) is 0. The minimum atomic E-state index is 0.144. The van der Waals surface area contributed by atoms with E-state index in [4.69, 9.17) is 17.2 Å². The summed E-state index contributed by atoms with van der Waals surface area (Å²) >= 11 is 0. The van der Waals surface area contributed by atoms with Gasteiger partial charge in [-0.1, -0.05) is 12.8 Å². The van der Waals surface area contributed by atoms with Crippen molar-refractivity contribution < 1.29 is 0 Å². The minimum Gasteiger partial charge on any atom is -0.330 e. The van der Waals surface area contributed by atoms with Crippen molar-refractivity contribution >= 4 is 0 Å². The van der Waals surface area contributed by atoms with Crippen molar-refractivity contribution in [2.75, 3.05) is 19.6 Å². The average Bonchev–Trinajstić information content (AvgIpc) is 2.19. The second kappa shape index (κ2) is 10.9. The molecule has 0 aliphatic rings. The molecule has 1 atom stereocenters. The predicted octanol–water partition coefficient (Wildman–Crippen LogP) is 0.119. The minimum absolute atomic E-state index is 0.144. The van der Waals surface area contributed by atoms with Gasteiger partial charge in [-0.15, -0.1) is 0 Å². The fourth-order valence-electron chi connectivity index (χ4n) is 1.34. The number of hydrogen-bond donors (Lipinski definition) is 4. The zero-order valence-electron chi connectivity index (χ0n) is 9.17. The Bertz CT molecular complexity index is 96.3. The SMILES string of the molecule is NCCCCCC(N)NCCCCN. The van der Waals surface area contributed by atoms with E-state index in [0.717, 1.165) is 45.3 Å². The first-order valence-electron chi connectivity index (χ1n) is 5.70. The molecule has 0 aromatic heterocycles. The number of nitrogens with two attached hydrogens (primary N) is 3. The maximum Gasteiger partial charge on any atom is 0.0546 e. The van der Waals surface area contributed by atoms with Gasteiger partial charge >= 0.3 is 0 Å². The number of rotatable bonds is 10. The molecular formula is C10H26N4. The largest absolute Gasteiger partial charge is 0.330 e. The Kier molecular flexibility index (Phi) is 10.8. The van der Waals surface area contributed by atoms with Crippen LogP contribution in [0.25, 0.3) is 0 Å². The molecule has 0 saturated carbocycles. The normalized spacial score (nSPS) is 13.1. The third kappa shape index (κ3) is 9.92. The Labute approximate surface area is 87.6 Å². The topological polar surface area (TPSA) is 90.1 Å². The first-order valence-corrected chi connectivity index (χ1v) is 5.70. The van der Waals surface area contributed by atoms with Crippen molar-refractivity contribution in [3.8, 4) is 0 Å². The van der Waals surface area contributed by atoms with Gasteiger partial charge in [0.2, 0.25) is 0 Å². The summed E-state index contributed by atoms with van der Waals surface area (Å²) in [5.41, 5.74) is 16.7. The highest BCUT2D eigenvalue weighted by Crippen LogP contribution is 1.99. The average molecular weight is 202 g/mol. The molecule has 0 amide bonds. The molecule has 86 valence electrons. The molecule has 4 nitrogen and oxygen atoms in total. The second-order valence-electron chi connectivity index (χ2n) is 3.69. The monoisotopic (exact) mass is 202 g/mol. The summed E-state index contributed by atoms with van der Waals surface area (Å²) in [6.07, 6.45) is 6.85. The van der Waals surface area contributed by atoms with Gasteiger partial charge in [0, 0.05) is 0 Å². The second-order valence-corrected chi connectivity index (χ2v) is 3.69. The maximum atomic E-state index is 5.86. The van der Waals surface area contributed by atoms with E-state index in [2.05, 4.69) is 5.32 Å². The van der Waals surface area contributed by atoms with Crippen LogP contribution in [-0.4, -0.2) is 25.8 Å². The van der Waals surface area contributed by atoms with Crippen LogP contribution in [-0.2, 0) is 0 Å². The Hall–Kier alpha value is -0.160. The first-order chi connectivity index (χ1) is 6.81. The molecule has 0 aliphatic carbocycles. The highest BCUT2D eigenvalue weighted by atomic mass is 15.0. The van der Waals surface area contributed by atoms with E-state index >= 15 is 0 Å². The van der Waals surface area contributed by atoms with Gasteiger partial charge in [-0.05, 0) is 45.3 Å². The molecule has 0 bridgehead atoms. The lowest BCUT2D eigenvalue weighted by Gasteiger charge is -2.13. The van der Waals surface area contributed by atoms with Crippen molar-refractivity contribution in [1.82, 2.24) is 5.32 Å². The van der Waals surface area contributed by atoms with Crippen LogP contribution in [0.2, 0.25) is 0 Å². The summed E-state index contributed by atoms with van der Waals surface area (Å²) in [5, 5.41) is 3.29. The van der Waals surface area contributed by atoms with Crippen LogP contribution >= 0.6 is 0 Å². The Morgan fingerprint density at radius 1 is 0.857 bits per heavy atom. The molecule has 0 saturated heterocycles. The Morgan fingerprint density at radius 2 is 1.50 bits per heavy atom. The van der Waals surface area contributed by atoms with Crippen molar-refractivity contribution in [2.45, 2.75) is 44.7 Å². The van der Waals surface area contributed by atoms with Gasteiger partial charge in [0.15, 0.2) is 0 Å². The Balaban J connectivity index is 3.07. The van der Waals surface area contributed by atoms with E-state index < -0.39 is 0 Å². The highest BCUT2D eigenvalue weighted by molar-refractivity contribution is 4.59. The molecule has 0 heterocycles. The van der Waals surface area contributed by atoms with Gasteiger partial charge in [0.25, 0.3) is 0 Å². The van der Waals surface area contributed by atoms with Crippen LogP contribution in [0.15, 0.2) is 0 Å². The van der Waals surface area contributed by atoms with Crippen LogP contribution in [0.5, 0.6) is 0 Å². The van der Waals surface area contributed by atoms with Crippen molar-refractivity contribution in [1.29, 1.82) is 0 Å². The van der Waals surface area contributed by atoms with Crippen LogP contribution < -0.4 is 22.5 Å². The maximum absolute atomic E-state index is 5.86. The van der Waals surface area contributed by atoms with Crippen LogP contribution in [0.1, 0.15) is 38.5 Å². The van der Waals surface area contributed by atoms with Crippen LogP contribution in [0, 0.1) is 0 Å². The lowest BCUT2D eigenvalue weighted by atomic mass is 10.1. The van der Waals surface area contributed by atoms with Crippen molar-refractivity contribution in [2.24, 2.45) is 17.2 Å². The lowest BCUT2D eigenvalue weighted by Crippen LogP contribution is -2.37. The zero-order chi connectivity index (χ0) is 10.6. The lowest BCUT2D eigenvalue weighted by molar-refractivity contribution is 0.461. The molecule has 0 aromatic rings. The van der Waals surface area contributed by atoms with Crippen molar-refractivity contribution in [3.05, 3.63) is 0 Å². The van der Waals surface area contributed by atoms with Gasteiger partial charge < -0.3 is 22.5 Å². The Morgan fingerprint density at radius 3 is 2.14 bits per heavy atom. The van der Waals surface area contributed by atoms with E-state index in [9.17, 15) is 0 Å². The van der Waals surface area contributed by atoms with Gasteiger partial charge in [0.05, 0.1) is 6.17 Å². The number of unbranched alkanes of at least 4 members (excludes halogenated alkanes) is 3. The fourth-order valence-corrected chi connectivity index (χ4v) is 1.34. The van der Waals surface area contributed by atoms with E-state index in [0.29, 0.717) is 0 Å². The van der Waals surface area contributed by atoms with Gasteiger partial charge in [0.1, 0.15) is 0 Å². The molecule has 0 aromatic carbocycles. The summed E-state index contributed by atoms with van der Waals surface area (Å²) in [7, 11) is 0. The molecule has 0 radical (unpaired) electrons. The van der Waals surface area contributed by atoms with E-state index in [1.54, 1.807) is 0 Å². The molecule has 0 spiro atoms. The molecule has 0 rings (SSSR count). The molecule has 0 fully saturated rings. The molecule has 1 unspecified atom stereocenters. The molecule has 4 heteroatoms. The molecule has 7 N–H and O–H groups in total. The van der Waals surface area contributed by atoms with Crippen LogP contribution in [0.4, 0.5) is 0 Å². The highest BCUT2D eigenvalue weighted by Gasteiger charge is 1.99. The van der Waals surface area contributed by atoms with Crippen LogP contribution in [0.3, 0.4) is 0 Å². The van der Waals surface area contributed by atoms with Crippen molar-refractivity contribution in [3.63, 3.8) is 0 Å². The van der Waals surface area contributed by atoms with E-state index in [-0.39, 0.29) is 6.17 Å². The third-order valence-corrected chi connectivity index (χ3v) is 2.26. The third-order valence-electron chi connectivity index (χ3n) is 2.26. The van der Waals surface area contributed by atoms with E-state index in [1.807, 2.05) is 0 Å². The first kappa shape index (κ1) is 13.8. The predicted molar refractivity (Wildman–Crippen MR) is 61.8 cm³/mol.